The van der Waals surface area contributed by atoms with Gasteiger partial charge in [-0.2, -0.15) is 0 Å². The fourth-order valence-electron chi connectivity index (χ4n) is 2.96. The van der Waals surface area contributed by atoms with Gasteiger partial charge in [0.2, 0.25) is 5.91 Å². The van der Waals surface area contributed by atoms with Crippen LogP contribution in [0.4, 0.5) is 4.39 Å². The van der Waals surface area contributed by atoms with E-state index in [1.54, 1.807) is 35.9 Å². The van der Waals surface area contributed by atoms with Crippen LogP contribution < -0.4 is 5.32 Å². The molecule has 0 radical (unpaired) electrons. The van der Waals surface area contributed by atoms with E-state index in [0.29, 0.717) is 11.0 Å². The molecule has 6 nitrogen and oxygen atoms in total. The average molecular weight is 440 g/mol. The summed E-state index contributed by atoms with van der Waals surface area (Å²) < 4.78 is 15.2. The topological polar surface area (TPSA) is 72.7 Å². The van der Waals surface area contributed by atoms with Crippen LogP contribution in [0.5, 0.6) is 0 Å². The zero-order valence-corrected chi connectivity index (χ0v) is 17.7. The van der Waals surface area contributed by atoms with E-state index in [-0.39, 0.29) is 23.5 Å². The van der Waals surface area contributed by atoms with Gasteiger partial charge < -0.3 is 9.88 Å². The number of nitrogens with zero attached hydrogens (tertiary/aromatic N) is 4. The molecule has 1 N–H and O–H groups in total. The molecule has 1 amide bonds. The van der Waals surface area contributed by atoms with Gasteiger partial charge in [-0.25, -0.2) is 4.39 Å². The molecule has 0 saturated heterocycles. The minimum Gasteiger partial charge on any atom is -0.344 e. The number of halogens is 1. The van der Waals surface area contributed by atoms with Gasteiger partial charge in [0.05, 0.1) is 11.8 Å². The minimum absolute atomic E-state index is 0.142. The van der Waals surface area contributed by atoms with Gasteiger partial charge in [0.1, 0.15) is 5.82 Å². The number of nitrogens with one attached hydrogen (secondary N) is 1. The molecule has 0 aliphatic rings. The Labute approximate surface area is 181 Å². The maximum absolute atomic E-state index is 13.3. The molecule has 3 heterocycles. The molecule has 0 spiro atoms. The van der Waals surface area contributed by atoms with Crippen molar-refractivity contribution in [2.24, 2.45) is 7.05 Å². The number of amides is 1. The number of carbonyl (C=O) groups is 1. The lowest BCUT2D eigenvalue weighted by Gasteiger charge is -2.18. The van der Waals surface area contributed by atoms with Crippen molar-refractivity contribution in [2.45, 2.75) is 11.2 Å². The number of hydrogen-bond donors (Lipinski definition) is 1. The van der Waals surface area contributed by atoms with E-state index in [9.17, 15) is 9.18 Å². The average Bonchev–Trinajstić information content (AvgIpc) is 3.42. The van der Waals surface area contributed by atoms with Crippen LogP contribution in [0.25, 0.3) is 11.4 Å². The third-order valence-corrected chi connectivity index (χ3v) is 6.40. The summed E-state index contributed by atoms with van der Waals surface area (Å²) in [5.74, 6) is 0.447. The Bertz CT molecular complexity index is 1110. The zero-order valence-electron chi connectivity index (χ0n) is 16.0. The zero-order chi connectivity index (χ0) is 20.9. The normalized spacial score (nSPS) is 11.9. The van der Waals surface area contributed by atoms with E-state index in [0.717, 1.165) is 16.0 Å². The summed E-state index contributed by atoms with van der Waals surface area (Å²) in [5, 5.41) is 14.1. The van der Waals surface area contributed by atoms with Gasteiger partial charge in [0.15, 0.2) is 11.0 Å². The van der Waals surface area contributed by atoms with Gasteiger partial charge in [-0.05, 0) is 41.3 Å². The minimum atomic E-state index is -0.328. The van der Waals surface area contributed by atoms with E-state index < -0.39 is 0 Å². The summed E-state index contributed by atoms with van der Waals surface area (Å²) in [5.41, 5.74) is 1.74. The number of benzene rings is 1. The molecule has 4 aromatic rings. The molecule has 30 heavy (non-hydrogen) atoms. The highest BCUT2D eigenvalue weighted by Crippen LogP contribution is 2.27. The molecule has 0 aliphatic heterocycles. The lowest BCUT2D eigenvalue weighted by atomic mass is 10.1. The number of pyridine rings is 1. The van der Waals surface area contributed by atoms with Crippen LogP contribution >= 0.6 is 23.1 Å². The monoisotopic (exact) mass is 439 g/mol. The highest BCUT2D eigenvalue weighted by molar-refractivity contribution is 7.99. The molecule has 0 saturated carbocycles. The molecule has 9 heteroatoms. The Hall–Kier alpha value is -3.04. The summed E-state index contributed by atoms with van der Waals surface area (Å²) in [7, 11) is 1.86. The molecule has 0 fully saturated rings. The summed E-state index contributed by atoms with van der Waals surface area (Å²) >= 11 is 2.86. The van der Waals surface area contributed by atoms with E-state index in [1.807, 2.05) is 41.3 Å². The van der Waals surface area contributed by atoms with Gasteiger partial charge >= 0.3 is 0 Å². The maximum Gasteiger partial charge on any atom is 0.231 e. The van der Waals surface area contributed by atoms with Crippen LogP contribution in [0.15, 0.2) is 71.5 Å². The number of hydrogen-bond acceptors (Lipinski definition) is 6. The Balaban J connectivity index is 1.45. The number of carbonyl (C=O) groups excluding carboxylic acids is 1. The second-order valence-corrected chi connectivity index (χ2v) is 8.38. The standard InChI is InChI=1S/C21H18FN5OS2/c1-27-20(15-8-10-23-11-9-15)25-26-21(27)30-13-18(28)24-19(17-3-2-12-29-17)14-4-6-16(22)7-5-14/h2-12,19H,13H2,1H3,(H,24,28). The van der Waals surface area contributed by atoms with Crippen LogP contribution in [0.2, 0.25) is 0 Å². The van der Waals surface area contributed by atoms with Crippen LogP contribution in [-0.4, -0.2) is 31.4 Å². The third-order valence-electron chi connectivity index (χ3n) is 4.44. The van der Waals surface area contributed by atoms with E-state index >= 15 is 0 Å². The highest BCUT2D eigenvalue weighted by Gasteiger charge is 2.19. The van der Waals surface area contributed by atoms with Gasteiger partial charge in [-0.3, -0.25) is 9.78 Å². The smallest absolute Gasteiger partial charge is 0.231 e. The van der Waals surface area contributed by atoms with Gasteiger partial charge in [0.25, 0.3) is 0 Å². The Morgan fingerprint density at radius 2 is 1.93 bits per heavy atom. The van der Waals surface area contributed by atoms with Crippen LogP contribution in [0.1, 0.15) is 16.5 Å². The van der Waals surface area contributed by atoms with Crippen LogP contribution in [-0.2, 0) is 11.8 Å². The first kappa shape index (κ1) is 20.2. The Kier molecular flexibility index (Phi) is 6.20. The summed E-state index contributed by atoms with van der Waals surface area (Å²) in [4.78, 5) is 17.7. The van der Waals surface area contributed by atoms with Crippen LogP contribution in [0, 0.1) is 5.82 Å². The quantitative estimate of drug-likeness (QED) is 0.440. The van der Waals surface area contributed by atoms with Crippen molar-refractivity contribution in [2.75, 3.05) is 5.75 Å². The predicted octanol–water partition coefficient (Wildman–Crippen LogP) is 4.08. The number of thioether (sulfide) groups is 1. The second-order valence-electron chi connectivity index (χ2n) is 6.46. The third kappa shape index (κ3) is 4.58. The summed E-state index contributed by atoms with van der Waals surface area (Å²) in [6.07, 6.45) is 3.40. The summed E-state index contributed by atoms with van der Waals surface area (Å²) in [6, 6.07) is 13.5. The van der Waals surface area contributed by atoms with Crippen molar-refractivity contribution in [3.8, 4) is 11.4 Å². The molecule has 1 unspecified atom stereocenters. The fourth-order valence-corrected chi connectivity index (χ4v) is 4.48. The lowest BCUT2D eigenvalue weighted by Crippen LogP contribution is -2.30. The molecule has 0 aliphatic carbocycles. The number of aromatic nitrogens is 4. The maximum atomic E-state index is 13.3. The molecular weight excluding hydrogens is 421 g/mol. The SMILES string of the molecule is Cn1c(SCC(=O)NC(c2ccc(F)cc2)c2cccs2)nnc1-c1ccncc1. The molecule has 4 rings (SSSR count). The predicted molar refractivity (Wildman–Crippen MR) is 116 cm³/mol. The summed E-state index contributed by atoms with van der Waals surface area (Å²) in [6.45, 7) is 0. The van der Waals surface area contributed by atoms with Crippen molar-refractivity contribution in [3.05, 3.63) is 82.6 Å². The Morgan fingerprint density at radius 1 is 1.17 bits per heavy atom. The number of thiophene rings is 1. The fraction of sp³-hybridized carbons (Fsp3) is 0.143. The number of rotatable bonds is 7. The highest BCUT2D eigenvalue weighted by atomic mass is 32.2. The van der Waals surface area contributed by atoms with Crippen molar-refractivity contribution in [3.63, 3.8) is 0 Å². The molecule has 0 bridgehead atoms. The van der Waals surface area contributed by atoms with E-state index in [4.69, 9.17) is 0 Å². The first-order valence-corrected chi connectivity index (χ1v) is 11.0. The van der Waals surface area contributed by atoms with Crippen molar-refractivity contribution in [1.29, 1.82) is 0 Å². The van der Waals surface area contributed by atoms with Gasteiger partial charge in [-0.1, -0.05) is 30.0 Å². The van der Waals surface area contributed by atoms with E-state index in [2.05, 4.69) is 20.5 Å². The van der Waals surface area contributed by atoms with Crippen molar-refractivity contribution in [1.82, 2.24) is 25.1 Å². The van der Waals surface area contributed by atoms with Crippen molar-refractivity contribution >= 4 is 29.0 Å². The lowest BCUT2D eigenvalue weighted by molar-refractivity contribution is -0.119. The first-order valence-electron chi connectivity index (χ1n) is 9.12. The van der Waals surface area contributed by atoms with Crippen LogP contribution in [0.3, 0.4) is 0 Å². The first-order chi connectivity index (χ1) is 14.6. The molecule has 3 aromatic heterocycles. The molecule has 152 valence electrons. The Morgan fingerprint density at radius 3 is 2.63 bits per heavy atom. The van der Waals surface area contributed by atoms with Gasteiger partial charge in [0, 0.05) is 29.9 Å². The molecule has 1 atom stereocenters. The molecule has 1 aromatic carbocycles. The second kappa shape index (κ2) is 9.19. The van der Waals surface area contributed by atoms with Gasteiger partial charge in [-0.15, -0.1) is 21.5 Å². The molecular formula is C21H18FN5OS2. The largest absolute Gasteiger partial charge is 0.344 e. The van der Waals surface area contributed by atoms with Crippen molar-refractivity contribution < 1.29 is 9.18 Å². The van der Waals surface area contributed by atoms with E-state index in [1.165, 1.54) is 23.9 Å².